The molecule has 0 radical (unpaired) electrons. The molecule has 0 saturated carbocycles. The van der Waals surface area contributed by atoms with Gasteiger partial charge in [0.1, 0.15) is 5.82 Å². The third-order valence-electron chi connectivity index (χ3n) is 2.55. The summed E-state index contributed by atoms with van der Waals surface area (Å²) >= 11 is 3.47. The first-order valence-corrected chi connectivity index (χ1v) is 6.51. The van der Waals surface area contributed by atoms with Gasteiger partial charge in [0.25, 0.3) is 5.91 Å². The molecule has 17 heavy (non-hydrogen) atoms. The van der Waals surface area contributed by atoms with E-state index in [2.05, 4.69) is 35.1 Å². The number of alkyl halides is 1. The summed E-state index contributed by atoms with van der Waals surface area (Å²) in [4.78, 5) is 12.0. The normalized spacial score (nSPS) is 12.6. The fraction of sp³-hybridized carbons (Fsp3) is 0.462. The standard InChI is InChI=1S/C13H17BrFNO/c1-8(2)11(14)7-16-13(17)10-6-9(3)4-5-12(10)15/h4-6,8,11H,7H2,1-3H3,(H,16,17). The topological polar surface area (TPSA) is 29.1 Å². The fourth-order valence-corrected chi connectivity index (χ4v) is 1.50. The molecule has 0 aliphatic rings. The minimum atomic E-state index is -0.483. The van der Waals surface area contributed by atoms with Crippen LogP contribution in [0.5, 0.6) is 0 Å². The Morgan fingerprint density at radius 3 is 2.71 bits per heavy atom. The molecule has 1 aromatic carbocycles. The van der Waals surface area contributed by atoms with Gasteiger partial charge in [-0.15, -0.1) is 0 Å². The van der Waals surface area contributed by atoms with E-state index < -0.39 is 5.82 Å². The molecule has 0 aliphatic carbocycles. The van der Waals surface area contributed by atoms with E-state index in [0.717, 1.165) is 5.56 Å². The van der Waals surface area contributed by atoms with Crippen LogP contribution < -0.4 is 5.32 Å². The predicted octanol–water partition coefficient (Wildman–Crippen LogP) is 3.28. The minimum absolute atomic E-state index is 0.105. The van der Waals surface area contributed by atoms with Crippen molar-refractivity contribution in [2.45, 2.75) is 25.6 Å². The second-order valence-electron chi connectivity index (χ2n) is 4.45. The van der Waals surface area contributed by atoms with Crippen LogP contribution in [0.1, 0.15) is 29.8 Å². The Kier molecular flexibility index (Phi) is 5.12. The highest BCUT2D eigenvalue weighted by Crippen LogP contribution is 2.12. The molecule has 1 unspecified atom stereocenters. The monoisotopic (exact) mass is 301 g/mol. The number of hydrogen-bond acceptors (Lipinski definition) is 1. The van der Waals surface area contributed by atoms with E-state index >= 15 is 0 Å². The summed E-state index contributed by atoms with van der Waals surface area (Å²) in [6.07, 6.45) is 0. The first-order chi connectivity index (χ1) is 7.91. The summed E-state index contributed by atoms with van der Waals surface area (Å²) in [6, 6.07) is 4.52. The van der Waals surface area contributed by atoms with Gasteiger partial charge in [0.2, 0.25) is 0 Å². The number of nitrogens with one attached hydrogen (secondary N) is 1. The molecule has 4 heteroatoms. The number of amides is 1. The van der Waals surface area contributed by atoms with Crippen LogP contribution in [0.4, 0.5) is 4.39 Å². The third kappa shape index (κ3) is 4.11. The molecule has 94 valence electrons. The zero-order valence-electron chi connectivity index (χ0n) is 10.3. The number of carbonyl (C=O) groups excluding carboxylic acids is 1. The van der Waals surface area contributed by atoms with Crippen LogP contribution in [-0.4, -0.2) is 17.3 Å². The molecule has 1 N–H and O–H groups in total. The summed E-state index contributed by atoms with van der Waals surface area (Å²) in [5.74, 6) is -0.433. The molecule has 0 bridgehead atoms. The molecule has 1 rings (SSSR count). The van der Waals surface area contributed by atoms with Crippen molar-refractivity contribution in [3.63, 3.8) is 0 Å². The van der Waals surface area contributed by atoms with Crippen molar-refractivity contribution in [1.82, 2.24) is 5.32 Å². The van der Waals surface area contributed by atoms with Crippen molar-refractivity contribution in [2.24, 2.45) is 5.92 Å². The maximum Gasteiger partial charge on any atom is 0.254 e. The molecule has 1 aromatic rings. The second-order valence-corrected chi connectivity index (χ2v) is 5.63. The Hall–Kier alpha value is -0.900. The largest absolute Gasteiger partial charge is 0.351 e. The molecular formula is C13H17BrFNO. The molecule has 0 aliphatic heterocycles. The number of benzene rings is 1. The third-order valence-corrected chi connectivity index (χ3v) is 3.93. The maximum absolute atomic E-state index is 13.4. The molecule has 0 spiro atoms. The second kappa shape index (κ2) is 6.15. The lowest BCUT2D eigenvalue weighted by Crippen LogP contribution is -2.32. The molecule has 1 amide bonds. The molecule has 0 aromatic heterocycles. The minimum Gasteiger partial charge on any atom is -0.351 e. The van der Waals surface area contributed by atoms with Gasteiger partial charge in [0.15, 0.2) is 0 Å². The van der Waals surface area contributed by atoms with Crippen molar-refractivity contribution < 1.29 is 9.18 Å². The molecule has 0 fully saturated rings. The smallest absolute Gasteiger partial charge is 0.254 e. The SMILES string of the molecule is Cc1ccc(F)c(C(=O)NCC(Br)C(C)C)c1. The average molecular weight is 302 g/mol. The van der Waals surface area contributed by atoms with Gasteiger partial charge in [0, 0.05) is 11.4 Å². The first-order valence-electron chi connectivity index (χ1n) is 5.60. The van der Waals surface area contributed by atoms with Crippen LogP contribution >= 0.6 is 15.9 Å². The van der Waals surface area contributed by atoms with Crippen LogP contribution in [0.2, 0.25) is 0 Å². The highest BCUT2D eigenvalue weighted by molar-refractivity contribution is 9.09. The van der Waals surface area contributed by atoms with Gasteiger partial charge in [-0.3, -0.25) is 4.79 Å². The quantitative estimate of drug-likeness (QED) is 0.850. The first kappa shape index (κ1) is 14.2. The summed E-state index contributed by atoms with van der Waals surface area (Å²) in [5, 5.41) is 2.72. The van der Waals surface area contributed by atoms with E-state index in [0.29, 0.717) is 12.5 Å². The lowest BCUT2D eigenvalue weighted by Gasteiger charge is -2.14. The Balaban J connectivity index is 2.67. The van der Waals surface area contributed by atoms with Gasteiger partial charge in [-0.2, -0.15) is 0 Å². The summed E-state index contributed by atoms with van der Waals surface area (Å²) in [7, 11) is 0. The van der Waals surface area contributed by atoms with E-state index in [9.17, 15) is 9.18 Å². The average Bonchev–Trinajstić information content (AvgIpc) is 2.28. The van der Waals surface area contributed by atoms with E-state index in [-0.39, 0.29) is 16.3 Å². The van der Waals surface area contributed by atoms with Crippen molar-refractivity contribution in [3.05, 3.63) is 35.1 Å². The fourth-order valence-electron chi connectivity index (χ4n) is 1.33. The van der Waals surface area contributed by atoms with E-state index in [1.54, 1.807) is 12.1 Å². The Morgan fingerprint density at radius 2 is 2.12 bits per heavy atom. The molecule has 1 atom stereocenters. The summed E-state index contributed by atoms with van der Waals surface area (Å²) < 4.78 is 13.4. The van der Waals surface area contributed by atoms with Gasteiger partial charge in [-0.1, -0.05) is 41.4 Å². The Morgan fingerprint density at radius 1 is 1.47 bits per heavy atom. The lowest BCUT2D eigenvalue weighted by atomic mass is 10.1. The summed E-state index contributed by atoms with van der Waals surface area (Å²) in [6.45, 7) is 6.43. The molecule has 0 saturated heterocycles. The van der Waals surface area contributed by atoms with Crippen molar-refractivity contribution in [2.75, 3.05) is 6.54 Å². The lowest BCUT2D eigenvalue weighted by molar-refractivity contribution is 0.0948. The van der Waals surface area contributed by atoms with Crippen LogP contribution in [-0.2, 0) is 0 Å². The van der Waals surface area contributed by atoms with Crippen LogP contribution in [0.15, 0.2) is 18.2 Å². The predicted molar refractivity (Wildman–Crippen MR) is 71.0 cm³/mol. The van der Waals surface area contributed by atoms with Crippen LogP contribution in [0, 0.1) is 18.7 Å². The van der Waals surface area contributed by atoms with Gasteiger partial charge < -0.3 is 5.32 Å². The van der Waals surface area contributed by atoms with E-state index in [4.69, 9.17) is 0 Å². The van der Waals surface area contributed by atoms with Crippen LogP contribution in [0.25, 0.3) is 0 Å². The number of aryl methyl sites for hydroxylation is 1. The van der Waals surface area contributed by atoms with Crippen molar-refractivity contribution in [3.8, 4) is 0 Å². The van der Waals surface area contributed by atoms with Gasteiger partial charge in [-0.25, -0.2) is 4.39 Å². The summed E-state index contributed by atoms with van der Waals surface area (Å²) in [5.41, 5.74) is 0.976. The van der Waals surface area contributed by atoms with Crippen molar-refractivity contribution >= 4 is 21.8 Å². The van der Waals surface area contributed by atoms with Gasteiger partial charge in [0.05, 0.1) is 5.56 Å². The highest BCUT2D eigenvalue weighted by atomic mass is 79.9. The number of hydrogen-bond donors (Lipinski definition) is 1. The van der Waals surface area contributed by atoms with E-state index in [1.165, 1.54) is 6.07 Å². The number of halogens is 2. The molecule has 0 heterocycles. The Bertz CT molecular complexity index is 406. The van der Waals surface area contributed by atoms with E-state index in [1.807, 2.05) is 6.92 Å². The van der Waals surface area contributed by atoms with Crippen molar-refractivity contribution in [1.29, 1.82) is 0 Å². The zero-order valence-corrected chi connectivity index (χ0v) is 11.8. The van der Waals surface area contributed by atoms with Gasteiger partial charge in [-0.05, 0) is 25.0 Å². The Labute approximate surface area is 110 Å². The highest BCUT2D eigenvalue weighted by Gasteiger charge is 2.14. The maximum atomic E-state index is 13.4. The number of carbonyl (C=O) groups is 1. The number of rotatable bonds is 4. The molecule has 2 nitrogen and oxygen atoms in total. The molecular weight excluding hydrogens is 285 g/mol. The zero-order chi connectivity index (χ0) is 13.0. The van der Waals surface area contributed by atoms with Gasteiger partial charge >= 0.3 is 0 Å². The van der Waals surface area contributed by atoms with Crippen LogP contribution in [0.3, 0.4) is 0 Å².